The number of ether oxygens (including phenoxy) is 1. The molecule has 5 rings (SSSR count). The minimum Gasteiger partial charge on any atom is -0.360 e. The topological polar surface area (TPSA) is 12.5 Å². The summed E-state index contributed by atoms with van der Waals surface area (Å²) in [4.78, 5) is 0. The van der Waals surface area contributed by atoms with Crippen LogP contribution in [0.25, 0.3) is 16.7 Å². The molecule has 2 unspecified atom stereocenters. The van der Waals surface area contributed by atoms with E-state index in [1.165, 1.54) is 33.4 Å². The van der Waals surface area contributed by atoms with Gasteiger partial charge in [-0.3, -0.25) is 0 Å². The summed E-state index contributed by atoms with van der Waals surface area (Å²) < 4.78 is 6.92. The molecule has 1 fully saturated rings. The van der Waals surface area contributed by atoms with Crippen LogP contribution in [0.4, 0.5) is 0 Å². The van der Waals surface area contributed by atoms with E-state index in [4.69, 9.17) is 4.74 Å². The summed E-state index contributed by atoms with van der Waals surface area (Å²) in [6.45, 7) is 0. The van der Waals surface area contributed by atoms with Crippen LogP contribution >= 0.6 is 15.9 Å². The summed E-state index contributed by atoms with van der Waals surface area (Å²) in [6.07, 6.45) is 2.85. The first kappa shape index (κ1) is 11.1. The zero-order chi connectivity index (χ0) is 13.3. The van der Waals surface area contributed by atoms with Crippen LogP contribution < -0.4 is 0 Å². The largest absolute Gasteiger partial charge is 0.360 e. The third-order valence-electron chi connectivity index (χ3n) is 4.30. The van der Waals surface area contributed by atoms with Gasteiger partial charge in [0.2, 0.25) is 0 Å². The maximum absolute atomic E-state index is 5.80. The fraction of sp³-hybridized carbons (Fsp3) is 0.111. The van der Waals surface area contributed by atoms with Gasteiger partial charge in [-0.1, -0.05) is 52.3 Å². The summed E-state index contributed by atoms with van der Waals surface area (Å²) in [6, 6.07) is 17.1. The molecule has 2 aromatic carbocycles. The zero-order valence-corrected chi connectivity index (χ0v) is 12.2. The van der Waals surface area contributed by atoms with Crippen LogP contribution in [-0.2, 0) is 4.74 Å². The molecule has 1 nitrogen and oxygen atoms in total. The highest BCUT2D eigenvalue weighted by Crippen LogP contribution is 2.57. The Labute approximate surface area is 125 Å². The Balaban J connectivity index is 1.71. The lowest BCUT2D eigenvalue weighted by Gasteiger charge is -2.31. The molecule has 20 heavy (non-hydrogen) atoms. The van der Waals surface area contributed by atoms with Gasteiger partial charge in [0, 0.05) is 10.0 Å². The fourth-order valence-corrected chi connectivity index (χ4v) is 3.77. The number of rotatable bonds is 1. The van der Waals surface area contributed by atoms with E-state index >= 15 is 0 Å². The molecule has 2 aromatic rings. The first-order valence-electron chi connectivity index (χ1n) is 6.80. The number of halogens is 1. The van der Waals surface area contributed by atoms with Crippen molar-refractivity contribution >= 4 is 32.6 Å². The molecule has 3 aliphatic rings. The molecule has 0 radical (unpaired) electrons. The van der Waals surface area contributed by atoms with Gasteiger partial charge in [0.1, 0.15) is 12.2 Å². The summed E-state index contributed by atoms with van der Waals surface area (Å²) in [5.74, 6) is 0. The van der Waals surface area contributed by atoms with Crippen LogP contribution in [0.5, 0.6) is 0 Å². The van der Waals surface area contributed by atoms with E-state index in [0.29, 0.717) is 6.10 Å². The molecule has 2 heteroatoms. The third-order valence-corrected chi connectivity index (χ3v) is 4.80. The Bertz CT molecular complexity index is 816. The number of hydrogen-bond acceptors (Lipinski definition) is 1. The Hall–Kier alpha value is -1.64. The quantitative estimate of drug-likeness (QED) is 0.702. The molecule has 0 N–H and O–H groups in total. The van der Waals surface area contributed by atoms with E-state index in [2.05, 4.69) is 70.5 Å². The van der Waals surface area contributed by atoms with Gasteiger partial charge >= 0.3 is 0 Å². The summed E-state index contributed by atoms with van der Waals surface area (Å²) in [5, 5.41) is 0. The van der Waals surface area contributed by atoms with Gasteiger partial charge in [-0.05, 0) is 46.0 Å². The number of hydrogen-bond donors (Lipinski definition) is 0. The van der Waals surface area contributed by atoms with Crippen molar-refractivity contribution in [1.82, 2.24) is 0 Å². The van der Waals surface area contributed by atoms with Crippen molar-refractivity contribution in [3.8, 4) is 0 Å². The first-order chi connectivity index (χ1) is 9.83. The van der Waals surface area contributed by atoms with Crippen molar-refractivity contribution in [3.63, 3.8) is 0 Å². The maximum Gasteiger partial charge on any atom is 0.114 e. The van der Waals surface area contributed by atoms with Crippen molar-refractivity contribution in [1.29, 1.82) is 0 Å². The third kappa shape index (κ3) is 1.36. The van der Waals surface area contributed by atoms with Crippen LogP contribution in [0.1, 0.15) is 16.7 Å². The lowest BCUT2D eigenvalue weighted by Crippen LogP contribution is -2.16. The van der Waals surface area contributed by atoms with E-state index in [0.717, 1.165) is 4.47 Å². The average molecular weight is 323 g/mol. The summed E-state index contributed by atoms with van der Waals surface area (Å²) in [7, 11) is 0. The molecule has 0 bridgehead atoms. The second kappa shape index (κ2) is 3.72. The SMILES string of the molecule is Brc1cccc(C2=CC3OC3C3=C2c2ccccc23)c1. The predicted molar refractivity (Wildman–Crippen MR) is 84.0 cm³/mol. The van der Waals surface area contributed by atoms with Gasteiger partial charge in [0.25, 0.3) is 0 Å². The van der Waals surface area contributed by atoms with Crippen molar-refractivity contribution in [2.24, 2.45) is 0 Å². The van der Waals surface area contributed by atoms with E-state index < -0.39 is 0 Å². The molecule has 96 valence electrons. The van der Waals surface area contributed by atoms with Gasteiger partial charge in [0.05, 0.1) is 0 Å². The molecule has 0 spiro atoms. The number of epoxide rings is 1. The Kier molecular flexibility index (Phi) is 2.06. The second-order valence-electron chi connectivity index (χ2n) is 5.45. The van der Waals surface area contributed by atoms with E-state index in [-0.39, 0.29) is 6.10 Å². The van der Waals surface area contributed by atoms with Gasteiger partial charge in [-0.15, -0.1) is 0 Å². The van der Waals surface area contributed by atoms with Crippen LogP contribution in [0.3, 0.4) is 0 Å². The number of fused-ring (bicyclic) bond motifs is 5. The molecule has 0 saturated carbocycles. The van der Waals surface area contributed by atoms with Crippen LogP contribution in [0.2, 0.25) is 0 Å². The molecule has 2 atom stereocenters. The Morgan fingerprint density at radius 3 is 2.65 bits per heavy atom. The zero-order valence-electron chi connectivity index (χ0n) is 10.6. The molecule has 1 heterocycles. The Morgan fingerprint density at radius 1 is 0.950 bits per heavy atom. The van der Waals surface area contributed by atoms with Crippen LogP contribution in [0.15, 0.2) is 59.1 Å². The normalized spacial score (nSPS) is 25.1. The summed E-state index contributed by atoms with van der Waals surface area (Å²) >= 11 is 3.56. The minimum atomic E-state index is 0.274. The standard InChI is InChI=1S/C18H11BrO/c19-11-5-3-4-10(8-11)14-9-15-18(20-15)17-13-7-2-1-6-12(13)16(14)17/h1-9,15,18H. The van der Waals surface area contributed by atoms with Crippen molar-refractivity contribution < 1.29 is 4.74 Å². The summed E-state index contributed by atoms with van der Waals surface area (Å²) in [5.41, 5.74) is 8.10. The van der Waals surface area contributed by atoms with Crippen molar-refractivity contribution in [2.75, 3.05) is 0 Å². The minimum absolute atomic E-state index is 0.274. The molecule has 0 aromatic heterocycles. The van der Waals surface area contributed by atoms with E-state index in [9.17, 15) is 0 Å². The van der Waals surface area contributed by atoms with Gasteiger partial charge in [0.15, 0.2) is 0 Å². The van der Waals surface area contributed by atoms with E-state index in [1.807, 2.05) is 0 Å². The highest BCUT2D eigenvalue weighted by atomic mass is 79.9. The second-order valence-corrected chi connectivity index (χ2v) is 6.36. The molecule has 1 saturated heterocycles. The van der Waals surface area contributed by atoms with Crippen molar-refractivity contribution in [3.05, 3.63) is 75.8 Å². The number of allylic oxidation sites excluding steroid dienone is 2. The van der Waals surface area contributed by atoms with Crippen molar-refractivity contribution in [2.45, 2.75) is 12.2 Å². The highest BCUT2D eigenvalue weighted by Gasteiger charge is 2.50. The number of benzene rings is 2. The molecule has 2 aliphatic carbocycles. The molecule has 1 aliphatic heterocycles. The average Bonchev–Trinajstić information content (AvgIpc) is 3.20. The molecular weight excluding hydrogens is 312 g/mol. The maximum atomic E-state index is 5.80. The van der Waals surface area contributed by atoms with Gasteiger partial charge < -0.3 is 4.74 Å². The van der Waals surface area contributed by atoms with Crippen LogP contribution in [0, 0.1) is 0 Å². The smallest absolute Gasteiger partial charge is 0.114 e. The lowest BCUT2D eigenvalue weighted by molar-refractivity contribution is 0.418. The first-order valence-corrected chi connectivity index (χ1v) is 7.60. The predicted octanol–water partition coefficient (Wildman–Crippen LogP) is 4.54. The molecule has 0 amide bonds. The fourth-order valence-electron chi connectivity index (χ4n) is 3.37. The molecular formula is C18H11BrO. The van der Waals surface area contributed by atoms with Gasteiger partial charge in [-0.25, -0.2) is 0 Å². The highest BCUT2D eigenvalue weighted by molar-refractivity contribution is 9.10. The monoisotopic (exact) mass is 322 g/mol. The van der Waals surface area contributed by atoms with Gasteiger partial charge in [-0.2, -0.15) is 0 Å². The van der Waals surface area contributed by atoms with Crippen LogP contribution in [-0.4, -0.2) is 12.2 Å². The van der Waals surface area contributed by atoms with E-state index in [1.54, 1.807) is 0 Å². The Morgan fingerprint density at radius 2 is 1.80 bits per heavy atom. The lowest BCUT2D eigenvalue weighted by atomic mass is 9.71.